The molecule has 1 saturated heterocycles. The van der Waals surface area contributed by atoms with Crippen LogP contribution < -0.4 is 10.1 Å². The summed E-state index contributed by atoms with van der Waals surface area (Å²) in [6.07, 6.45) is 2.52. The quantitative estimate of drug-likeness (QED) is 0.786. The Labute approximate surface area is 147 Å². The molecule has 2 aromatic rings. The standard InChI is InChI=1S/C19H26N2O4/c1-12(21-18(22)25-19(2,3)4)7-13-9-20-17-6-5-14(8-16(13)17)23-10-15-11-24-15/h5-6,8-9,12,15,20H,7,10-11H2,1-4H3,(H,21,22)/t12-,15?/m1/s1. The number of epoxide rings is 1. The van der Waals surface area contributed by atoms with Crippen LogP contribution >= 0.6 is 0 Å². The predicted molar refractivity (Wildman–Crippen MR) is 96.1 cm³/mol. The summed E-state index contributed by atoms with van der Waals surface area (Å²) in [7, 11) is 0. The fraction of sp³-hybridized carbons (Fsp3) is 0.526. The number of H-pyrrole nitrogens is 1. The predicted octanol–water partition coefficient (Wildman–Crippen LogP) is 3.40. The van der Waals surface area contributed by atoms with Crippen molar-refractivity contribution in [2.75, 3.05) is 13.2 Å². The van der Waals surface area contributed by atoms with Gasteiger partial charge in [-0.3, -0.25) is 0 Å². The minimum atomic E-state index is -0.498. The van der Waals surface area contributed by atoms with Crippen LogP contribution in [-0.2, 0) is 15.9 Å². The largest absolute Gasteiger partial charge is 0.491 e. The Hall–Kier alpha value is -2.21. The Bertz CT molecular complexity index is 743. The second-order valence-electron chi connectivity index (χ2n) is 7.54. The van der Waals surface area contributed by atoms with Crippen LogP contribution in [0.25, 0.3) is 10.9 Å². The van der Waals surface area contributed by atoms with Crippen LogP contribution in [0.2, 0.25) is 0 Å². The van der Waals surface area contributed by atoms with Crippen molar-refractivity contribution in [3.63, 3.8) is 0 Å². The molecule has 6 heteroatoms. The lowest BCUT2D eigenvalue weighted by Crippen LogP contribution is -2.38. The van der Waals surface area contributed by atoms with Gasteiger partial charge in [-0.15, -0.1) is 0 Å². The van der Waals surface area contributed by atoms with E-state index in [0.717, 1.165) is 28.8 Å². The second-order valence-corrected chi connectivity index (χ2v) is 7.54. The highest BCUT2D eigenvalue weighted by Crippen LogP contribution is 2.25. The minimum absolute atomic E-state index is 0.0433. The highest BCUT2D eigenvalue weighted by Gasteiger charge is 2.23. The Morgan fingerprint density at radius 2 is 2.20 bits per heavy atom. The van der Waals surface area contributed by atoms with Crippen molar-refractivity contribution in [1.82, 2.24) is 10.3 Å². The highest BCUT2D eigenvalue weighted by atomic mass is 16.6. The SMILES string of the molecule is C[C@H](Cc1c[nH]c2ccc(OCC3CO3)cc12)NC(=O)OC(C)(C)C. The van der Waals surface area contributed by atoms with Crippen molar-refractivity contribution in [2.24, 2.45) is 0 Å². The fourth-order valence-corrected chi connectivity index (χ4v) is 2.66. The number of carbonyl (C=O) groups is 1. The van der Waals surface area contributed by atoms with Gasteiger partial charge in [-0.2, -0.15) is 0 Å². The minimum Gasteiger partial charge on any atom is -0.491 e. The molecule has 1 aliphatic heterocycles. The molecule has 1 aromatic carbocycles. The van der Waals surface area contributed by atoms with Crippen LogP contribution in [0.5, 0.6) is 5.75 Å². The van der Waals surface area contributed by atoms with Gasteiger partial charge in [-0.05, 0) is 57.9 Å². The molecule has 6 nitrogen and oxygen atoms in total. The maximum Gasteiger partial charge on any atom is 0.407 e. The molecule has 3 rings (SSSR count). The van der Waals surface area contributed by atoms with E-state index in [9.17, 15) is 4.79 Å². The summed E-state index contributed by atoms with van der Waals surface area (Å²) in [6, 6.07) is 5.95. The molecule has 0 radical (unpaired) electrons. The second kappa shape index (κ2) is 6.96. The number of ether oxygens (including phenoxy) is 3. The van der Waals surface area contributed by atoms with Gasteiger partial charge in [-0.1, -0.05) is 0 Å². The topological polar surface area (TPSA) is 75.9 Å². The number of benzene rings is 1. The van der Waals surface area contributed by atoms with Crippen LogP contribution in [0.1, 0.15) is 33.3 Å². The molecule has 2 N–H and O–H groups in total. The van der Waals surface area contributed by atoms with Crippen molar-refractivity contribution in [2.45, 2.75) is 51.9 Å². The first kappa shape index (κ1) is 17.6. The number of aromatic nitrogens is 1. The fourth-order valence-electron chi connectivity index (χ4n) is 2.66. The molecule has 0 bridgehead atoms. The Morgan fingerprint density at radius 3 is 2.88 bits per heavy atom. The molecule has 1 aliphatic rings. The van der Waals surface area contributed by atoms with E-state index < -0.39 is 11.7 Å². The summed E-state index contributed by atoms with van der Waals surface area (Å²) in [5.74, 6) is 0.830. The van der Waals surface area contributed by atoms with E-state index >= 15 is 0 Å². The number of hydrogen-bond acceptors (Lipinski definition) is 4. The number of alkyl carbamates (subject to hydrolysis) is 1. The smallest absolute Gasteiger partial charge is 0.407 e. The van der Waals surface area contributed by atoms with Gasteiger partial charge in [0.05, 0.1) is 6.61 Å². The average molecular weight is 346 g/mol. The molecular formula is C19H26N2O4. The molecule has 1 aromatic heterocycles. The van der Waals surface area contributed by atoms with Gasteiger partial charge in [0.2, 0.25) is 0 Å². The van der Waals surface area contributed by atoms with Crippen LogP contribution in [0.4, 0.5) is 4.79 Å². The maximum atomic E-state index is 11.9. The third kappa shape index (κ3) is 5.13. The van der Waals surface area contributed by atoms with Crippen LogP contribution in [0.3, 0.4) is 0 Å². The van der Waals surface area contributed by atoms with E-state index in [2.05, 4.69) is 10.3 Å². The van der Waals surface area contributed by atoms with E-state index in [1.807, 2.05) is 52.1 Å². The molecule has 0 saturated carbocycles. The zero-order valence-electron chi connectivity index (χ0n) is 15.2. The molecule has 2 atom stereocenters. The summed E-state index contributed by atoms with van der Waals surface area (Å²) in [5, 5.41) is 3.98. The first-order valence-electron chi connectivity index (χ1n) is 8.64. The third-order valence-corrected chi connectivity index (χ3v) is 3.87. The summed E-state index contributed by atoms with van der Waals surface area (Å²) >= 11 is 0. The van der Waals surface area contributed by atoms with E-state index in [4.69, 9.17) is 14.2 Å². The number of hydrogen-bond donors (Lipinski definition) is 2. The number of rotatable bonds is 6. The van der Waals surface area contributed by atoms with E-state index in [1.165, 1.54) is 0 Å². The number of aromatic amines is 1. The van der Waals surface area contributed by atoms with Crippen molar-refractivity contribution < 1.29 is 19.0 Å². The molecule has 1 fully saturated rings. The van der Waals surface area contributed by atoms with Gasteiger partial charge in [0.25, 0.3) is 0 Å². The number of fused-ring (bicyclic) bond motifs is 1. The highest BCUT2D eigenvalue weighted by molar-refractivity contribution is 5.84. The van der Waals surface area contributed by atoms with Gasteiger partial charge in [0, 0.05) is 23.1 Å². The first-order chi connectivity index (χ1) is 11.8. The lowest BCUT2D eigenvalue weighted by Gasteiger charge is -2.21. The number of carbonyl (C=O) groups excluding carboxylic acids is 1. The molecular weight excluding hydrogens is 320 g/mol. The molecule has 2 heterocycles. The zero-order chi connectivity index (χ0) is 18.0. The summed E-state index contributed by atoms with van der Waals surface area (Å²) in [6.45, 7) is 8.89. The third-order valence-electron chi connectivity index (χ3n) is 3.87. The van der Waals surface area contributed by atoms with Crippen molar-refractivity contribution >= 4 is 17.0 Å². The Morgan fingerprint density at radius 1 is 1.44 bits per heavy atom. The maximum absolute atomic E-state index is 11.9. The lowest BCUT2D eigenvalue weighted by molar-refractivity contribution is 0.0508. The number of amides is 1. The van der Waals surface area contributed by atoms with Crippen LogP contribution in [-0.4, -0.2) is 42.0 Å². The average Bonchev–Trinajstić information content (AvgIpc) is 3.25. The Kier molecular flexibility index (Phi) is 4.90. The molecule has 1 amide bonds. The van der Waals surface area contributed by atoms with E-state index in [1.54, 1.807) is 0 Å². The molecule has 136 valence electrons. The molecule has 1 unspecified atom stereocenters. The molecule has 0 spiro atoms. The summed E-state index contributed by atoms with van der Waals surface area (Å²) in [5.41, 5.74) is 1.68. The normalized spacial score (nSPS) is 18.0. The number of nitrogens with one attached hydrogen (secondary N) is 2. The summed E-state index contributed by atoms with van der Waals surface area (Å²) < 4.78 is 16.2. The molecule has 0 aliphatic carbocycles. The van der Waals surface area contributed by atoms with Crippen LogP contribution in [0, 0.1) is 0 Å². The summed E-state index contributed by atoms with van der Waals surface area (Å²) in [4.78, 5) is 15.2. The van der Waals surface area contributed by atoms with Gasteiger partial charge in [0.1, 0.15) is 24.1 Å². The first-order valence-corrected chi connectivity index (χ1v) is 8.64. The van der Waals surface area contributed by atoms with Crippen molar-refractivity contribution in [3.8, 4) is 5.75 Å². The van der Waals surface area contributed by atoms with Gasteiger partial charge in [-0.25, -0.2) is 4.79 Å². The van der Waals surface area contributed by atoms with Gasteiger partial charge < -0.3 is 24.5 Å². The van der Waals surface area contributed by atoms with E-state index in [0.29, 0.717) is 13.0 Å². The molecule has 25 heavy (non-hydrogen) atoms. The zero-order valence-corrected chi connectivity index (χ0v) is 15.2. The van der Waals surface area contributed by atoms with E-state index in [-0.39, 0.29) is 12.1 Å². The monoisotopic (exact) mass is 346 g/mol. The van der Waals surface area contributed by atoms with Gasteiger partial charge >= 0.3 is 6.09 Å². The Balaban J connectivity index is 1.63. The van der Waals surface area contributed by atoms with Gasteiger partial charge in [0.15, 0.2) is 0 Å². The van der Waals surface area contributed by atoms with Crippen LogP contribution in [0.15, 0.2) is 24.4 Å². The van der Waals surface area contributed by atoms with Crippen molar-refractivity contribution in [3.05, 3.63) is 30.0 Å². The lowest BCUT2D eigenvalue weighted by atomic mass is 10.1. The van der Waals surface area contributed by atoms with Crippen molar-refractivity contribution in [1.29, 1.82) is 0 Å².